The molecule has 2 N–H and O–H groups in total. The van der Waals surface area contributed by atoms with Crippen LogP contribution in [0.15, 0.2) is 46.9 Å². The van der Waals surface area contributed by atoms with E-state index in [1.54, 1.807) is 14.2 Å². The van der Waals surface area contributed by atoms with Gasteiger partial charge in [-0.1, -0.05) is 28.1 Å². The summed E-state index contributed by atoms with van der Waals surface area (Å²) in [6.45, 7) is 3.13. The van der Waals surface area contributed by atoms with Crippen molar-refractivity contribution in [3.8, 4) is 11.5 Å². The van der Waals surface area contributed by atoms with Crippen molar-refractivity contribution in [1.29, 1.82) is 0 Å². The van der Waals surface area contributed by atoms with Crippen molar-refractivity contribution in [1.82, 2.24) is 5.32 Å². The van der Waals surface area contributed by atoms with Crippen LogP contribution in [0.3, 0.4) is 0 Å². The molecule has 2 atom stereocenters. The summed E-state index contributed by atoms with van der Waals surface area (Å²) in [5.41, 5.74) is 2.10. The summed E-state index contributed by atoms with van der Waals surface area (Å²) < 4.78 is 11.6. The highest BCUT2D eigenvalue weighted by atomic mass is 79.9. The molecule has 2 aromatic rings. The second-order valence-electron chi connectivity index (χ2n) is 6.27. The van der Waals surface area contributed by atoms with E-state index in [2.05, 4.69) is 21.2 Å². The minimum atomic E-state index is -0.183. The first kappa shape index (κ1) is 20.3. The number of nitrogens with one attached hydrogen (secondary N) is 2. The number of rotatable bonds is 8. The Hall–Kier alpha value is -2.05. The first-order valence-corrected chi connectivity index (χ1v) is 9.29. The van der Waals surface area contributed by atoms with Gasteiger partial charge in [0.25, 0.3) is 5.91 Å². The molecule has 6 heteroatoms. The fourth-order valence-electron chi connectivity index (χ4n) is 2.65. The first-order chi connectivity index (χ1) is 12.4. The molecule has 140 valence electrons. The lowest BCUT2D eigenvalue weighted by Crippen LogP contribution is -3.12. The van der Waals surface area contributed by atoms with Crippen LogP contribution in [0.1, 0.15) is 18.1 Å². The summed E-state index contributed by atoms with van der Waals surface area (Å²) in [4.78, 5) is 13.6. The van der Waals surface area contributed by atoms with Gasteiger partial charge in [-0.2, -0.15) is 0 Å². The molecule has 0 aromatic heterocycles. The zero-order valence-corrected chi connectivity index (χ0v) is 17.2. The van der Waals surface area contributed by atoms with Crippen LogP contribution >= 0.6 is 15.9 Å². The van der Waals surface area contributed by atoms with Crippen LogP contribution in [-0.2, 0) is 17.9 Å². The third-order valence-electron chi connectivity index (χ3n) is 4.47. The van der Waals surface area contributed by atoms with Gasteiger partial charge in [0, 0.05) is 16.6 Å². The molecule has 1 unspecified atom stereocenters. The zero-order valence-electron chi connectivity index (χ0n) is 15.6. The first-order valence-electron chi connectivity index (χ1n) is 8.50. The molecule has 0 aliphatic carbocycles. The molecule has 5 nitrogen and oxygen atoms in total. The van der Waals surface area contributed by atoms with Crippen LogP contribution in [0.25, 0.3) is 0 Å². The summed E-state index contributed by atoms with van der Waals surface area (Å²) in [6, 6.07) is 13.4. The molecule has 0 heterocycles. The number of likely N-dealkylation sites (N-methyl/N-ethyl adjacent to an activating group) is 1. The van der Waals surface area contributed by atoms with Crippen LogP contribution in [0.4, 0.5) is 0 Å². The van der Waals surface area contributed by atoms with Crippen molar-refractivity contribution in [2.45, 2.75) is 26.1 Å². The van der Waals surface area contributed by atoms with Gasteiger partial charge < -0.3 is 19.7 Å². The number of carbonyl (C=O) groups excluding carboxylic acids is 1. The van der Waals surface area contributed by atoms with Crippen LogP contribution in [-0.4, -0.2) is 33.2 Å². The molecule has 2 aromatic carbocycles. The monoisotopic (exact) mass is 421 g/mol. The standard InChI is InChI=1S/C20H25BrN2O3/c1-14(20(24)22-12-15-5-8-18(25-3)9-6-15)23(2)13-16-11-17(21)7-10-19(16)26-4/h5-11,14H,12-13H2,1-4H3,(H,22,24)/p+1/t14-/m1/s1. The third-order valence-corrected chi connectivity index (χ3v) is 4.96. The molecule has 0 spiro atoms. The number of ether oxygens (including phenoxy) is 2. The Balaban J connectivity index is 1.93. The van der Waals surface area contributed by atoms with Gasteiger partial charge in [0.1, 0.15) is 18.0 Å². The molecule has 0 fully saturated rings. The Bertz CT molecular complexity index is 734. The van der Waals surface area contributed by atoms with Crippen molar-refractivity contribution >= 4 is 21.8 Å². The fourth-order valence-corrected chi connectivity index (χ4v) is 3.06. The Morgan fingerprint density at radius 3 is 2.46 bits per heavy atom. The van der Waals surface area contributed by atoms with E-state index >= 15 is 0 Å². The molecular formula is C20H26BrN2O3+. The molecule has 0 saturated heterocycles. The summed E-state index contributed by atoms with van der Waals surface area (Å²) in [7, 11) is 5.31. The molecule has 1 amide bonds. The Morgan fingerprint density at radius 1 is 1.15 bits per heavy atom. The van der Waals surface area contributed by atoms with Gasteiger partial charge in [-0.15, -0.1) is 0 Å². The molecule has 0 aliphatic rings. The maximum atomic E-state index is 12.5. The SMILES string of the molecule is COc1ccc(CNC(=O)[C@@H](C)[NH+](C)Cc2cc(Br)ccc2OC)cc1. The number of carbonyl (C=O) groups is 1. The summed E-state index contributed by atoms with van der Waals surface area (Å²) in [5.74, 6) is 1.66. The molecule has 26 heavy (non-hydrogen) atoms. The summed E-state index contributed by atoms with van der Waals surface area (Å²) in [6.07, 6.45) is 0. The molecular weight excluding hydrogens is 396 g/mol. The lowest BCUT2D eigenvalue weighted by molar-refractivity contribution is -0.908. The number of quaternary nitrogens is 1. The van der Waals surface area contributed by atoms with Crippen LogP contribution < -0.4 is 19.7 Å². The Kier molecular flexibility index (Phi) is 7.48. The molecule has 0 saturated carbocycles. The Morgan fingerprint density at radius 2 is 1.85 bits per heavy atom. The van der Waals surface area contributed by atoms with Crippen molar-refractivity contribution in [3.05, 3.63) is 58.1 Å². The van der Waals surface area contributed by atoms with Crippen molar-refractivity contribution in [2.24, 2.45) is 0 Å². The van der Waals surface area contributed by atoms with Gasteiger partial charge >= 0.3 is 0 Å². The number of amides is 1. The van der Waals surface area contributed by atoms with Gasteiger partial charge in [-0.3, -0.25) is 4.79 Å². The van der Waals surface area contributed by atoms with E-state index in [0.717, 1.165) is 32.0 Å². The van der Waals surface area contributed by atoms with Crippen molar-refractivity contribution in [2.75, 3.05) is 21.3 Å². The van der Waals surface area contributed by atoms with Gasteiger partial charge in [0.05, 0.1) is 21.3 Å². The van der Waals surface area contributed by atoms with E-state index in [4.69, 9.17) is 9.47 Å². The normalized spacial score (nSPS) is 13.0. The van der Waals surface area contributed by atoms with Crippen LogP contribution in [0.2, 0.25) is 0 Å². The predicted molar refractivity (Wildman–Crippen MR) is 106 cm³/mol. The highest BCUT2D eigenvalue weighted by molar-refractivity contribution is 9.10. The summed E-state index contributed by atoms with van der Waals surface area (Å²) >= 11 is 3.49. The summed E-state index contributed by atoms with van der Waals surface area (Å²) in [5, 5.41) is 3.00. The van der Waals surface area contributed by atoms with Gasteiger partial charge in [0.15, 0.2) is 6.04 Å². The largest absolute Gasteiger partial charge is 0.497 e. The average Bonchev–Trinajstić information content (AvgIpc) is 2.66. The second-order valence-corrected chi connectivity index (χ2v) is 7.18. The zero-order chi connectivity index (χ0) is 19.1. The lowest BCUT2D eigenvalue weighted by Gasteiger charge is -2.22. The predicted octanol–water partition coefficient (Wildman–Crippen LogP) is 2.19. The van der Waals surface area contributed by atoms with Gasteiger partial charge in [0.2, 0.25) is 0 Å². The lowest BCUT2D eigenvalue weighted by atomic mass is 10.1. The van der Waals surface area contributed by atoms with Crippen LogP contribution in [0.5, 0.6) is 11.5 Å². The Labute approximate surface area is 163 Å². The second kappa shape index (κ2) is 9.59. The minimum absolute atomic E-state index is 0.0206. The van der Waals surface area contributed by atoms with Crippen LogP contribution in [0, 0.1) is 0 Å². The molecule has 0 radical (unpaired) electrons. The third kappa shape index (κ3) is 5.47. The topological polar surface area (TPSA) is 52.0 Å². The maximum Gasteiger partial charge on any atom is 0.278 e. The maximum absolute atomic E-state index is 12.5. The van der Waals surface area contributed by atoms with E-state index in [-0.39, 0.29) is 11.9 Å². The highest BCUT2D eigenvalue weighted by Gasteiger charge is 2.22. The number of benzene rings is 2. The quantitative estimate of drug-likeness (QED) is 0.686. The van der Waals surface area contributed by atoms with Gasteiger partial charge in [-0.25, -0.2) is 0 Å². The van der Waals surface area contributed by atoms with Gasteiger partial charge in [-0.05, 0) is 42.8 Å². The van der Waals surface area contributed by atoms with E-state index in [9.17, 15) is 4.79 Å². The van der Waals surface area contributed by atoms with Crippen molar-refractivity contribution < 1.29 is 19.2 Å². The smallest absolute Gasteiger partial charge is 0.278 e. The van der Waals surface area contributed by atoms with E-state index in [1.165, 1.54) is 0 Å². The van der Waals surface area contributed by atoms with Crippen molar-refractivity contribution in [3.63, 3.8) is 0 Å². The number of hydrogen-bond acceptors (Lipinski definition) is 3. The molecule has 0 bridgehead atoms. The number of halogens is 1. The molecule has 2 rings (SSSR count). The minimum Gasteiger partial charge on any atom is -0.497 e. The number of hydrogen-bond donors (Lipinski definition) is 2. The highest BCUT2D eigenvalue weighted by Crippen LogP contribution is 2.22. The van der Waals surface area contributed by atoms with E-state index in [0.29, 0.717) is 13.1 Å². The fraction of sp³-hybridized carbons (Fsp3) is 0.350. The molecule has 0 aliphatic heterocycles. The van der Waals surface area contributed by atoms with E-state index < -0.39 is 0 Å². The number of methoxy groups -OCH3 is 2. The average molecular weight is 422 g/mol. The van der Waals surface area contributed by atoms with E-state index in [1.807, 2.05) is 56.4 Å².